The van der Waals surface area contributed by atoms with Crippen molar-refractivity contribution in [2.75, 3.05) is 7.11 Å². The standard InChI is InChI=1S/C17H19ClO2/c1-17(19,14-4-3-5-15(18)12-14)11-10-13-6-8-16(20-2)9-7-13/h3-9,12,19H,10-11H2,1-2H3. The number of rotatable bonds is 5. The van der Waals surface area contributed by atoms with Gasteiger partial charge in [-0.25, -0.2) is 0 Å². The third-order valence-corrected chi connectivity index (χ3v) is 3.74. The molecule has 0 aliphatic heterocycles. The maximum Gasteiger partial charge on any atom is 0.118 e. The van der Waals surface area contributed by atoms with E-state index in [1.165, 1.54) is 5.56 Å². The van der Waals surface area contributed by atoms with Crippen molar-refractivity contribution in [1.29, 1.82) is 0 Å². The second kappa shape index (κ2) is 6.29. The minimum atomic E-state index is -0.884. The molecule has 0 aliphatic rings. The van der Waals surface area contributed by atoms with Crippen LogP contribution in [-0.4, -0.2) is 12.2 Å². The van der Waals surface area contributed by atoms with Crippen LogP contribution in [0.2, 0.25) is 5.02 Å². The van der Waals surface area contributed by atoms with Crippen LogP contribution in [-0.2, 0) is 12.0 Å². The van der Waals surface area contributed by atoms with Crippen molar-refractivity contribution < 1.29 is 9.84 Å². The molecule has 2 rings (SSSR count). The van der Waals surface area contributed by atoms with Crippen molar-refractivity contribution >= 4 is 11.6 Å². The Morgan fingerprint density at radius 3 is 2.45 bits per heavy atom. The van der Waals surface area contributed by atoms with Crippen molar-refractivity contribution in [2.24, 2.45) is 0 Å². The van der Waals surface area contributed by atoms with Crippen molar-refractivity contribution in [3.63, 3.8) is 0 Å². The van der Waals surface area contributed by atoms with Gasteiger partial charge in [0.1, 0.15) is 5.75 Å². The van der Waals surface area contributed by atoms with Gasteiger partial charge >= 0.3 is 0 Å². The van der Waals surface area contributed by atoms with Gasteiger partial charge in [0.2, 0.25) is 0 Å². The van der Waals surface area contributed by atoms with Crippen LogP contribution in [0.1, 0.15) is 24.5 Å². The molecule has 1 N–H and O–H groups in total. The Morgan fingerprint density at radius 1 is 1.15 bits per heavy atom. The maximum atomic E-state index is 10.6. The molecule has 0 saturated carbocycles. The summed E-state index contributed by atoms with van der Waals surface area (Å²) in [5.74, 6) is 0.843. The van der Waals surface area contributed by atoms with E-state index in [-0.39, 0.29) is 0 Å². The summed E-state index contributed by atoms with van der Waals surface area (Å²) in [6.07, 6.45) is 1.43. The molecular formula is C17H19ClO2. The van der Waals surface area contributed by atoms with Crippen LogP contribution in [0.5, 0.6) is 5.75 Å². The van der Waals surface area contributed by atoms with E-state index in [4.69, 9.17) is 16.3 Å². The lowest BCUT2D eigenvalue weighted by atomic mass is 9.89. The van der Waals surface area contributed by atoms with Gasteiger partial charge < -0.3 is 9.84 Å². The van der Waals surface area contributed by atoms with Crippen LogP contribution in [0.3, 0.4) is 0 Å². The van der Waals surface area contributed by atoms with Gasteiger partial charge in [0, 0.05) is 5.02 Å². The molecule has 0 aliphatic carbocycles. The van der Waals surface area contributed by atoms with E-state index in [2.05, 4.69) is 0 Å². The average molecular weight is 291 g/mol. The Kier molecular flexibility index (Phi) is 4.69. The molecule has 0 fully saturated rings. The lowest BCUT2D eigenvalue weighted by Crippen LogP contribution is -2.21. The maximum absolute atomic E-state index is 10.6. The second-order valence-electron chi connectivity index (χ2n) is 5.13. The lowest BCUT2D eigenvalue weighted by Gasteiger charge is -2.24. The Morgan fingerprint density at radius 2 is 1.85 bits per heavy atom. The summed E-state index contributed by atoms with van der Waals surface area (Å²) in [5, 5.41) is 11.2. The van der Waals surface area contributed by atoms with Crippen LogP contribution in [0, 0.1) is 0 Å². The van der Waals surface area contributed by atoms with Gasteiger partial charge in [-0.05, 0) is 55.2 Å². The highest BCUT2D eigenvalue weighted by atomic mass is 35.5. The molecule has 0 amide bonds. The van der Waals surface area contributed by atoms with E-state index in [0.717, 1.165) is 17.7 Å². The van der Waals surface area contributed by atoms with Gasteiger partial charge in [-0.2, -0.15) is 0 Å². The molecule has 20 heavy (non-hydrogen) atoms. The largest absolute Gasteiger partial charge is 0.497 e. The number of aryl methyl sites for hydroxylation is 1. The fourth-order valence-electron chi connectivity index (χ4n) is 2.15. The fourth-order valence-corrected chi connectivity index (χ4v) is 2.34. The van der Waals surface area contributed by atoms with Crippen LogP contribution < -0.4 is 4.74 Å². The Bertz CT molecular complexity index is 561. The van der Waals surface area contributed by atoms with Gasteiger partial charge in [0.15, 0.2) is 0 Å². The zero-order chi connectivity index (χ0) is 14.6. The molecule has 0 heterocycles. The summed E-state index contributed by atoms with van der Waals surface area (Å²) in [6, 6.07) is 15.3. The normalized spacial score (nSPS) is 13.8. The third-order valence-electron chi connectivity index (χ3n) is 3.51. The number of methoxy groups -OCH3 is 1. The molecule has 1 atom stereocenters. The van der Waals surface area contributed by atoms with E-state index in [1.807, 2.05) is 55.5 Å². The van der Waals surface area contributed by atoms with E-state index < -0.39 is 5.60 Å². The molecule has 3 heteroatoms. The smallest absolute Gasteiger partial charge is 0.118 e. The summed E-state index contributed by atoms with van der Waals surface area (Å²) in [4.78, 5) is 0. The zero-order valence-electron chi connectivity index (χ0n) is 11.8. The molecule has 0 spiro atoms. The first-order valence-electron chi connectivity index (χ1n) is 6.62. The summed E-state index contributed by atoms with van der Waals surface area (Å²) in [5.41, 5.74) is 1.14. The van der Waals surface area contributed by atoms with Crippen LogP contribution in [0.15, 0.2) is 48.5 Å². The SMILES string of the molecule is COc1ccc(CCC(C)(O)c2cccc(Cl)c2)cc1. The van der Waals surface area contributed by atoms with Crippen LogP contribution in [0.25, 0.3) is 0 Å². The minimum Gasteiger partial charge on any atom is -0.497 e. The first kappa shape index (κ1) is 14.9. The van der Waals surface area contributed by atoms with E-state index in [9.17, 15) is 5.11 Å². The molecule has 2 aromatic rings. The number of halogens is 1. The highest BCUT2D eigenvalue weighted by Crippen LogP contribution is 2.28. The van der Waals surface area contributed by atoms with Gasteiger partial charge in [-0.3, -0.25) is 0 Å². The van der Waals surface area contributed by atoms with E-state index in [0.29, 0.717) is 11.4 Å². The predicted molar refractivity (Wildman–Crippen MR) is 82.3 cm³/mol. The zero-order valence-corrected chi connectivity index (χ0v) is 12.5. The lowest BCUT2D eigenvalue weighted by molar-refractivity contribution is 0.0480. The van der Waals surface area contributed by atoms with E-state index >= 15 is 0 Å². The van der Waals surface area contributed by atoms with Crippen molar-refractivity contribution in [2.45, 2.75) is 25.4 Å². The van der Waals surface area contributed by atoms with Gasteiger partial charge in [-0.15, -0.1) is 0 Å². The molecule has 0 saturated heterocycles. The average Bonchev–Trinajstić information content (AvgIpc) is 2.46. The summed E-state index contributed by atoms with van der Waals surface area (Å²) in [7, 11) is 1.65. The molecule has 1 unspecified atom stereocenters. The fraction of sp³-hybridized carbons (Fsp3) is 0.294. The monoisotopic (exact) mass is 290 g/mol. The predicted octanol–water partition coefficient (Wildman–Crippen LogP) is 4.19. The van der Waals surface area contributed by atoms with E-state index in [1.54, 1.807) is 7.11 Å². The Hall–Kier alpha value is -1.51. The molecule has 2 nitrogen and oxygen atoms in total. The van der Waals surface area contributed by atoms with Gasteiger partial charge in [0.25, 0.3) is 0 Å². The number of benzene rings is 2. The summed E-state index contributed by atoms with van der Waals surface area (Å²) < 4.78 is 5.13. The summed E-state index contributed by atoms with van der Waals surface area (Å²) >= 11 is 5.98. The number of ether oxygens (including phenoxy) is 1. The quantitative estimate of drug-likeness (QED) is 0.895. The number of hydrogen-bond acceptors (Lipinski definition) is 2. The molecular weight excluding hydrogens is 272 g/mol. The van der Waals surface area contributed by atoms with Crippen molar-refractivity contribution in [3.05, 3.63) is 64.7 Å². The molecule has 0 aromatic heterocycles. The molecule has 106 valence electrons. The van der Waals surface area contributed by atoms with Crippen molar-refractivity contribution in [1.82, 2.24) is 0 Å². The number of aliphatic hydroxyl groups is 1. The van der Waals surface area contributed by atoms with Crippen LogP contribution in [0.4, 0.5) is 0 Å². The Balaban J connectivity index is 2.04. The summed E-state index contributed by atoms with van der Waals surface area (Å²) in [6.45, 7) is 1.82. The highest BCUT2D eigenvalue weighted by molar-refractivity contribution is 6.30. The van der Waals surface area contributed by atoms with Gasteiger partial charge in [-0.1, -0.05) is 35.9 Å². The minimum absolute atomic E-state index is 0.639. The molecule has 0 bridgehead atoms. The Labute approximate surface area is 125 Å². The second-order valence-corrected chi connectivity index (χ2v) is 5.57. The van der Waals surface area contributed by atoms with Crippen LogP contribution >= 0.6 is 11.6 Å². The third kappa shape index (κ3) is 3.75. The number of hydrogen-bond donors (Lipinski definition) is 1. The van der Waals surface area contributed by atoms with Gasteiger partial charge in [0.05, 0.1) is 12.7 Å². The van der Waals surface area contributed by atoms with Crippen molar-refractivity contribution in [3.8, 4) is 5.75 Å². The topological polar surface area (TPSA) is 29.5 Å². The first-order chi connectivity index (χ1) is 9.51. The first-order valence-corrected chi connectivity index (χ1v) is 7.00. The molecule has 0 radical (unpaired) electrons. The highest BCUT2D eigenvalue weighted by Gasteiger charge is 2.22. The molecule has 2 aromatic carbocycles.